The van der Waals surface area contributed by atoms with Gasteiger partial charge in [0.05, 0.1) is 73.1 Å². The Morgan fingerprint density at radius 3 is 1.39 bits per heavy atom. The van der Waals surface area contributed by atoms with Crippen molar-refractivity contribution in [2.45, 2.75) is 100 Å². The van der Waals surface area contributed by atoms with Crippen molar-refractivity contribution < 1.29 is 88.9 Å². The molecule has 0 aliphatic carbocycles. The molecule has 45 nitrogen and oxygen atoms in total. The zero-order valence-electron chi connectivity index (χ0n) is 73.8. The van der Waals surface area contributed by atoms with E-state index in [2.05, 4.69) is 103 Å². The van der Waals surface area contributed by atoms with Crippen LogP contribution in [0.5, 0.6) is 0 Å². The number of fused-ring (bicyclic) bond motifs is 1. The molecule has 8 aromatic rings. The number of anilines is 6. The number of aliphatic hydroxyl groups excluding tert-OH is 6. The van der Waals surface area contributed by atoms with Gasteiger partial charge in [0.25, 0.3) is 53.3 Å². The molecular weight excluding hydrogens is 1690 g/mol. The fourth-order valence-electron chi connectivity index (χ4n) is 13.9. The minimum atomic E-state index is -0.823. The molecule has 696 valence electrons. The first-order valence-corrected chi connectivity index (χ1v) is 43.2. The standard InChI is InChI=1S/C83H116N28O17S/c1-103(29-12-22-85-67(113)18-19-68(114)88-25-15-33-127-35-37-128-36-34-126-32-14-24-87-66(112)17-11-10-16-63-70-57(50-129-63)97-83(125)102-70)30-13-23-86-69(115)21-27-91-76(118)59-39-52(44-106(59)4)92-77(119)60-40-53(45-107(60)5)94-79(121)62-42-54(46-109(62)7)95-81(123)72-98-64(48-110(72)8)100-74(116)56(84)20-26-90-75(117)58-38-51(43-105(58)3)93-78(120)61-41-55(47-108(61)6)96-82(124)73-99-65(49-111(73)9)101-80(122)71-89-28-31-104(71)2/h28,31,38-49,56-57,63,70H,10-27,29-30,32-37,50,84H2,1-9H3,(H,85,113)(H,86,115)(H,87,112)(H,88,114)(H,90,117)(H,91,118)(H,92,119)(H,93,120)(H,94,121)(H,95,123)(H,96,124)(H,100,116)(H,101,122)(H2,97,102,125)/p+1/t56-,57-,63-,70-/m0/s1. The van der Waals surface area contributed by atoms with E-state index in [4.69, 9.17) is 14.2 Å². The van der Waals surface area contributed by atoms with Gasteiger partial charge >= 0.3 is 0 Å². The normalized spacial score (nSPS) is 15.1. The SMILES string of the molecule is CN(CCCN=C(O)CCNC(=O)c1cc(NC(=O)c2cc(NC(=O)c3cc(NC(=O)c4nc(N=C(O)[C@@H]([NH3+])CCNC(=O)c5cc(NC(=O)c6cc(NC(=O)c7nc(NC(=O)c8nccn8C)cn7C)cn6C)cn5C)cn4C)cn3C)cn2C)cn1C)CCCN=C(O)CCC(O)=NCCCOCCOCCOCCCN=C(O)CCCC[C@@H]1SC[C@@H]2N=C(O)N[C@@H]21. The van der Waals surface area contributed by atoms with Crippen molar-refractivity contribution >= 4 is 135 Å². The number of aliphatic hydroxyl groups is 6. The van der Waals surface area contributed by atoms with E-state index in [-0.39, 0.29) is 155 Å². The number of quaternary nitrogens is 1. The molecule has 8 aromatic heterocycles. The number of aryl methyl sites for hydroxylation is 8. The first-order valence-electron chi connectivity index (χ1n) is 42.2. The van der Waals surface area contributed by atoms with Gasteiger partial charge in [-0.25, -0.2) is 19.9 Å². The van der Waals surface area contributed by atoms with Crippen molar-refractivity contribution in [2.75, 3.05) is 137 Å². The van der Waals surface area contributed by atoms with Crippen molar-refractivity contribution in [3.05, 3.63) is 132 Å². The van der Waals surface area contributed by atoms with Crippen LogP contribution in [0.3, 0.4) is 0 Å². The highest BCUT2D eigenvalue weighted by atomic mass is 32.2. The minimum Gasteiger partial charge on any atom is -0.497 e. The lowest BCUT2D eigenvalue weighted by Crippen LogP contribution is -2.65. The highest BCUT2D eigenvalue weighted by molar-refractivity contribution is 8.00. The summed E-state index contributed by atoms with van der Waals surface area (Å²) in [7, 11) is 14.9. The Morgan fingerprint density at radius 1 is 0.488 bits per heavy atom. The third-order valence-corrected chi connectivity index (χ3v) is 22.2. The number of nitrogens with zero attached hydrogens (tertiary/aromatic N) is 18. The first-order chi connectivity index (χ1) is 61.8. The van der Waals surface area contributed by atoms with E-state index in [9.17, 15) is 69.0 Å². The number of hydrogen-bond acceptors (Lipinski definition) is 23. The number of carbonyl (C=O) groups excluding carboxylic acids is 8. The molecule has 2 aliphatic rings. The van der Waals surface area contributed by atoms with Crippen LogP contribution in [0.15, 0.2) is 116 Å². The molecule has 1 saturated heterocycles. The molecule has 1 fully saturated rings. The van der Waals surface area contributed by atoms with Crippen LogP contribution in [0.2, 0.25) is 0 Å². The molecule has 0 bridgehead atoms. The van der Waals surface area contributed by atoms with Crippen LogP contribution < -0.4 is 53.6 Å². The summed E-state index contributed by atoms with van der Waals surface area (Å²) in [6.45, 7) is 5.87. The molecule has 10 rings (SSSR count). The lowest BCUT2D eigenvalue weighted by atomic mass is 10.0. The maximum absolute atomic E-state index is 13.7. The number of hydrogen-bond donors (Lipinski definition) is 16. The van der Waals surface area contributed by atoms with Gasteiger partial charge in [-0.2, -0.15) is 16.8 Å². The molecule has 0 spiro atoms. The number of nitrogens with one attached hydrogen (secondary N) is 9. The lowest BCUT2D eigenvalue weighted by Gasteiger charge is -2.17. The van der Waals surface area contributed by atoms with Crippen LogP contribution >= 0.6 is 11.8 Å². The Labute approximate surface area is 747 Å². The third-order valence-electron chi connectivity index (χ3n) is 20.7. The summed E-state index contributed by atoms with van der Waals surface area (Å²) in [6.07, 6.45) is 20.3. The highest BCUT2D eigenvalue weighted by Gasteiger charge is 2.41. The Balaban J connectivity index is 0.541. The fraction of sp³-hybridized carbons (Fsp3) is 0.482. The molecule has 8 amide bonds. The van der Waals surface area contributed by atoms with E-state index >= 15 is 0 Å². The molecule has 0 radical (unpaired) electrons. The predicted octanol–water partition coefficient (Wildman–Crippen LogP) is 5.31. The Hall–Kier alpha value is -13.4. The van der Waals surface area contributed by atoms with Crippen LogP contribution in [-0.2, 0) is 70.6 Å². The van der Waals surface area contributed by atoms with Crippen LogP contribution in [0.1, 0.15) is 161 Å². The van der Waals surface area contributed by atoms with Gasteiger partial charge in [-0.15, -0.1) is 0 Å². The molecule has 0 aromatic carbocycles. The first kappa shape index (κ1) is 97.7. The number of imidazole rings is 3. The van der Waals surface area contributed by atoms with Gasteiger partial charge in [0, 0.05) is 202 Å². The number of aromatic nitrogens is 11. The minimum absolute atomic E-state index is 0.0148. The van der Waals surface area contributed by atoms with Crippen LogP contribution in [0.4, 0.5) is 40.1 Å². The molecule has 46 heteroatoms. The van der Waals surface area contributed by atoms with E-state index in [0.29, 0.717) is 128 Å². The topological polar surface area (TPSA) is 577 Å². The average molecular weight is 1810 g/mol. The molecule has 10 heterocycles. The monoisotopic (exact) mass is 1810 g/mol. The number of amides is 8. The Bertz CT molecular complexity index is 5400. The molecule has 0 saturated carbocycles. The number of rotatable bonds is 52. The number of aliphatic imine (C=N–C) groups is 6. The maximum atomic E-state index is 13.7. The highest BCUT2D eigenvalue weighted by Crippen LogP contribution is 2.35. The van der Waals surface area contributed by atoms with Crippen molar-refractivity contribution in [3.8, 4) is 0 Å². The molecule has 4 atom stereocenters. The lowest BCUT2D eigenvalue weighted by molar-refractivity contribution is -0.398. The third kappa shape index (κ3) is 29.6. The molecule has 129 heavy (non-hydrogen) atoms. The van der Waals surface area contributed by atoms with E-state index in [0.717, 1.165) is 25.0 Å². The molecule has 2 aliphatic heterocycles. The summed E-state index contributed by atoms with van der Waals surface area (Å²) < 4.78 is 28.7. The van der Waals surface area contributed by atoms with Gasteiger partial charge in [-0.05, 0) is 89.0 Å². The summed E-state index contributed by atoms with van der Waals surface area (Å²) in [5.41, 5.74) is 6.34. The zero-order chi connectivity index (χ0) is 92.8. The van der Waals surface area contributed by atoms with E-state index in [1.807, 2.05) is 18.8 Å². The maximum Gasteiger partial charge on any atom is 0.292 e. The number of unbranched alkanes of at least 4 members (excludes halogenated alkanes) is 1. The summed E-state index contributed by atoms with van der Waals surface area (Å²) in [4.78, 5) is 147. The zero-order valence-corrected chi connectivity index (χ0v) is 74.6. The van der Waals surface area contributed by atoms with Crippen molar-refractivity contribution in [1.82, 2.24) is 72.3 Å². The predicted molar refractivity (Wildman–Crippen MR) is 488 cm³/mol. The van der Waals surface area contributed by atoms with E-state index in [1.165, 1.54) is 93.3 Å². The van der Waals surface area contributed by atoms with Crippen molar-refractivity contribution in [1.29, 1.82) is 0 Å². The van der Waals surface area contributed by atoms with Crippen LogP contribution in [0.25, 0.3) is 0 Å². The summed E-state index contributed by atoms with van der Waals surface area (Å²) >= 11 is 1.89. The Morgan fingerprint density at radius 2 is 0.907 bits per heavy atom. The van der Waals surface area contributed by atoms with Gasteiger partial charge in [-0.1, -0.05) is 6.42 Å². The van der Waals surface area contributed by atoms with Gasteiger partial charge in [-0.3, -0.25) is 58.3 Å². The second-order valence-electron chi connectivity index (χ2n) is 31.1. The molecule has 0 unspecified atom stereocenters. The Kier molecular flexibility index (Phi) is 36.3. The van der Waals surface area contributed by atoms with Gasteiger partial charge in [0.2, 0.25) is 17.5 Å². The fourth-order valence-corrected chi connectivity index (χ4v) is 15.4. The van der Waals surface area contributed by atoms with Gasteiger partial charge < -0.3 is 140 Å². The number of ether oxygens (including phenoxy) is 3. The number of thioether (sulfide) groups is 1. The van der Waals surface area contributed by atoms with Gasteiger partial charge in [0.15, 0.2) is 47.1 Å². The van der Waals surface area contributed by atoms with Crippen molar-refractivity contribution in [2.24, 2.45) is 86.3 Å². The van der Waals surface area contributed by atoms with Crippen LogP contribution in [-0.4, -0.2) is 298 Å². The second-order valence-corrected chi connectivity index (χ2v) is 32.3. The van der Waals surface area contributed by atoms with E-state index < -0.39 is 59.2 Å². The number of carbonyl (C=O) groups is 8. The molecule has 18 N–H and O–H groups in total. The molecular formula is C83H117N28O17S+. The number of amidine groups is 1. The summed E-state index contributed by atoms with van der Waals surface area (Å²) in [5.74, 6) is -3.75. The van der Waals surface area contributed by atoms with Gasteiger partial charge in [0.1, 0.15) is 28.5 Å². The largest absolute Gasteiger partial charge is 0.497 e. The second kappa shape index (κ2) is 47.9. The summed E-state index contributed by atoms with van der Waals surface area (Å²) in [5, 5.41) is 87.1. The quantitative estimate of drug-likeness (QED) is 0.0130. The summed E-state index contributed by atoms with van der Waals surface area (Å²) in [6, 6.07) is 6.96. The van der Waals surface area contributed by atoms with E-state index in [1.54, 1.807) is 85.7 Å². The van der Waals surface area contributed by atoms with Crippen molar-refractivity contribution in [3.63, 3.8) is 0 Å². The van der Waals surface area contributed by atoms with Crippen LogP contribution in [0, 0.1) is 0 Å². The smallest absolute Gasteiger partial charge is 0.292 e. The average Bonchev–Trinajstić information content (AvgIpc) is 1.68.